The summed E-state index contributed by atoms with van der Waals surface area (Å²) >= 11 is 0. The van der Waals surface area contributed by atoms with Gasteiger partial charge < -0.3 is 14.9 Å². The van der Waals surface area contributed by atoms with Crippen molar-refractivity contribution in [2.45, 2.75) is 26.1 Å². The van der Waals surface area contributed by atoms with Gasteiger partial charge in [0.05, 0.1) is 0 Å². The van der Waals surface area contributed by atoms with E-state index in [0.717, 1.165) is 42.0 Å². The van der Waals surface area contributed by atoms with Gasteiger partial charge in [0.15, 0.2) is 0 Å². The molecule has 0 aliphatic carbocycles. The van der Waals surface area contributed by atoms with Gasteiger partial charge in [0, 0.05) is 35.2 Å². The Hall–Kier alpha value is -4.13. The van der Waals surface area contributed by atoms with E-state index in [1.54, 1.807) is 12.7 Å². The highest BCUT2D eigenvalue weighted by Crippen LogP contribution is 2.30. The van der Waals surface area contributed by atoms with E-state index in [4.69, 9.17) is 14.4 Å². The zero-order chi connectivity index (χ0) is 24.3. The van der Waals surface area contributed by atoms with E-state index in [0.29, 0.717) is 11.7 Å². The third-order valence-corrected chi connectivity index (χ3v) is 5.03. The van der Waals surface area contributed by atoms with E-state index in [9.17, 15) is 13.2 Å². The van der Waals surface area contributed by atoms with Crippen LogP contribution in [0.4, 0.5) is 13.2 Å². The molecule has 13 heteroatoms. The van der Waals surface area contributed by atoms with Crippen LogP contribution in [0.1, 0.15) is 16.8 Å². The maximum absolute atomic E-state index is 10.6. The van der Waals surface area contributed by atoms with Gasteiger partial charge in [0.1, 0.15) is 12.7 Å². The van der Waals surface area contributed by atoms with Crippen LogP contribution < -0.4 is 5.32 Å². The number of pyridine rings is 1. The van der Waals surface area contributed by atoms with E-state index in [2.05, 4.69) is 30.6 Å². The fraction of sp³-hybridized carbons (Fsp3) is 0.238. The van der Waals surface area contributed by atoms with Gasteiger partial charge >= 0.3 is 12.1 Å². The van der Waals surface area contributed by atoms with Gasteiger partial charge in [-0.05, 0) is 49.2 Å². The number of alkyl halides is 3. The lowest BCUT2D eigenvalue weighted by Crippen LogP contribution is -2.24. The molecule has 1 aliphatic heterocycles. The molecule has 1 aromatic carbocycles. The van der Waals surface area contributed by atoms with Gasteiger partial charge in [0.2, 0.25) is 5.82 Å². The van der Waals surface area contributed by atoms with Gasteiger partial charge in [-0.3, -0.25) is 9.55 Å². The summed E-state index contributed by atoms with van der Waals surface area (Å²) in [4.78, 5) is 18.1. The average Bonchev–Trinajstić information content (AvgIpc) is 3.52. The molecule has 0 saturated heterocycles. The molecule has 4 heterocycles. The molecule has 34 heavy (non-hydrogen) atoms. The topological polar surface area (TPSA) is 132 Å². The predicted molar refractivity (Wildman–Crippen MR) is 112 cm³/mol. The first-order valence-electron chi connectivity index (χ1n) is 10.0. The summed E-state index contributed by atoms with van der Waals surface area (Å²) in [6.07, 6.45) is 1.08. The van der Waals surface area contributed by atoms with E-state index < -0.39 is 12.1 Å². The molecular formula is C21H18F3N7O3. The smallest absolute Gasteiger partial charge is 0.475 e. The van der Waals surface area contributed by atoms with Crippen molar-refractivity contribution < 1.29 is 27.6 Å². The number of carboxylic acid groups (broad SMARTS) is 1. The summed E-state index contributed by atoms with van der Waals surface area (Å²) in [6.45, 7) is 3.75. The minimum Gasteiger partial charge on any atom is -0.475 e. The fourth-order valence-corrected chi connectivity index (χ4v) is 3.44. The molecule has 0 bridgehead atoms. The zero-order valence-corrected chi connectivity index (χ0v) is 17.7. The number of fused-ring (bicyclic) bond motifs is 1. The van der Waals surface area contributed by atoms with Crippen molar-refractivity contribution in [3.05, 3.63) is 59.9 Å². The molecule has 0 fully saturated rings. The van der Waals surface area contributed by atoms with Crippen LogP contribution in [0.5, 0.6) is 0 Å². The monoisotopic (exact) mass is 473 g/mol. The Morgan fingerprint density at radius 1 is 1.24 bits per heavy atom. The minimum atomic E-state index is -5.08. The number of nitrogens with one attached hydrogen (secondary N) is 1. The number of halogens is 3. The molecule has 5 rings (SSSR count). The first-order valence-corrected chi connectivity index (χ1v) is 10.0. The summed E-state index contributed by atoms with van der Waals surface area (Å²) in [5.74, 6) is -1.69. The Balaban J connectivity index is 0.000000344. The van der Waals surface area contributed by atoms with Crippen molar-refractivity contribution in [3.63, 3.8) is 0 Å². The molecule has 0 radical (unpaired) electrons. The van der Waals surface area contributed by atoms with Gasteiger partial charge in [-0.2, -0.15) is 18.2 Å². The van der Waals surface area contributed by atoms with Crippen LogP contribution in [-0.4, -0.2) is 53.7 Å². The summed E-state index contributed by atoms with van der Waals surface area (Å²) in [6, 6.07) is 7.83. The van der Waals surface area contributed by atoms with Gasteiger partial charge in [-0.15, -0.1) is 10.2 Å². The quantitative estimate of drug-likeness (QED) is 0.461. The SMILES string of the molecule is Cc1ncc2c(c1-c1noc(-c3cccc(-n4cnnc4)c3)n1)CCNC2.O=C(O)C(F)(F)F. The Bertz CT molecular complexity index is 1300. The highest BCUT2D eigenvalue weighted by Gasteiger charge is 2.38. The molecule has 1 aliphatic rings. The molecule has 3 aromatic heterocycles. The zero-order valence-electron chi connectivity index (χ0n) is 17.7. The van der Waals surface area contributed by atoms with Gasteiger partial charge in [0.25, 0.3) is 5.89 Å². The highest BCUT2D eigenvalue weighted by molar-refractivity contribution is 5.73. The Morgan fingerprint density at radius 2 is 1.97 bits per heavy atom. The number of aliphatic carboxylic acids is 1. The number of nitrogens with zero attached hydrogens (tertiary/aromatic N) is 6. The van der Waals surface area contributed by atoms with Crippen molar-refractivity contribution in [1.82, 2.24) is 35.2 Å². The lowest BCUT2D eigenvalue weighted by molar-refractivity contribution is -0.192. The maximum atomic E-state index is 10.6. The number of benzene rings is 1. The summed E-state index contributed by atoms with van der Waals surface area (Å²) in [5.41, 5.74) is 6.13. The van der Waals surface area contributed by atoms with Crippen molar-refractivity contribution in [1.29, 1.82) is 0 Å². The Morgan fingerprint density at radius 3 is 2.68 bits per heavy atom. The summed E-state index contributed by atoms with van der Waals surface area (Å²) in [7, 11) is 0. The molecule has 0 atom stereocenters. The van der Waals surface area contributed by atoms with Crippen molar-refractivity contribution in [3.8, 4) is 28.5 Å². The lowest BCUT2D eigenvalue weighted by Gasteiger charge is -2.19. The van der Waals surface area contributed by atoms with Crippen molar-refractivity contribution in [2.24, 2.45) is 0 Å². The van der Waals surface area contributed by atoms with Crippen LogP contribution in [0.2, 0.25) is 0 Å². The van der Waals surface area contributed by atoms with Crippen LogP contribution in [0.15, 0.2) is 47.6 Å². The van der Waals surface area contributed by atoms with Gasteiger partial charge in [-0.25, -0.2) is 4.79 Å². The average molecular weight is 473 g/mol. The summed E-state index contributed by atoms with van der Waals surface area (Å²) in [5, 5.41) is 22.4. The Labute approximate surface area is 190 Å². The predicted octanol–water partition coefficient (Wildman–Crippen LogP) is 2.97. The second-order valence-corrected chi connectivity index (χ2v) is 7.29. The van der Waals surface area contributed by atoms with Crippen molar-refractivity contribution in [2.75, 3.05) is 6.54 Å². The summed E-state index contributed by atoms with van der Waals surface area (Å²) < 4.78 is 39.1. The van der Waals surface area contributed by atoms with E-state index in [1.165, 1.54) is 11.1 Å². The van der Waals surface area contributed by atoms with E-state index in [1.807, 2.05) is 42.0 Å². The maximum Gasteiger partial charge on any atom is 0.490 e. The first kappa shape index (κ1) is 23.0. The third kappa shape index (κ3) is 4.93. The number of aromatic nitrogens is 6. The highest BCUT2D eigenvalue weighted by atomic mass is 19.4. The van der Waals surface area contributed by atoms with Crippen LogP contribution in [0.25, 0.3) is 28.5 Å². The van der Waals surface area contributed by atoms with Crippen LogP contribution >= 0.6 is 0 Å². The second kappa shape index (κ2) is 9.39. The van der Waals surface area contributed by atoms with E-state index in [-0.39, 0.29) is 0 Å². The number of hydrogen-bond donors (Lipinski definition) is 2. The van der Waals surface area contributed by atoms with Crippen LogP contribution in [-0.2, 0) is 17.8 Å². The number of aryl methyl sites for hydroxylation is 1. The normalized spacial score (nSPS) is 13.1. The molecule has 0 unspecified atom stereocenters. The first-order chi connectivity index (χ1) is 16.2. The number of rotatable bonds is 3. The fourth-order valence-electron chi connectivity index (χ4n) is 3.44. The van der Waals surface area contributed by atoms with Gasteiger partial charge in [-0.1, -0.05) is 11.2 Å². The number of carbonyl (C=O) groups is 1. The molecule has 2 N–H and O–H groups in total. The molecule has 176 valence electrons. The molecule has 0 amide bonds. The lowest BCUT2D eigenvalue weighted by atomic mass is 9.95. The number of hydrogen-bond acceptors (Lipinski definition) is 8. The van der Waals surface area contributed by atoms with Crippen LogP contribution in [0.3, 0.4) is 0 Å². The second-order valence-electron chi connectivity index (χ2n) is 7.29. The largest absolute Gasteiger partial charge is 0.490 e. The van der Waals surface area contributed by atoms with Crippen molar-refractivity contribution >= 4 is 5.97 Å². The van der Waals surface area contributed by atoms with E-state index >= 15 is 0 Å². The molecule has 10 nitrogen and oxygen atoms in total. The molecule has 0 saturated carbocycles. The molecule has 4 aromatic rings. The third-order valence-electron chi connectivity index (χ3n) is 5.03. The standard InChI is InChI=1S/C19H17N7O.C2HF3O2/c1-12-17(16-5-6-20-8-14(16)9-21-12)18-24-19(27-25-18)13-3-2-4-15(7-13)26-10-22-23-11-26;3-2(4,5)1(6)7/h2-4,7,9-11,20H,5-6,8H2,1H3;(H,6,7). The number of carboxylic acids is 1. The molecular weight excluding hydrogens is 455 g/mol. The minimum absolute atomic E-state index is 0.478. The van der Waals surface area contributed by atoms with Crippen LogP contribution in [0, 0.1) is 6.92 Å². The Kier molecular flexibility index (Phi) is 6.36. The molecule has 0 spiro atoms.